The Hall–Kier alpha value is -1.10. The maximum Gasteiger partial charge on any atom is 0.310 e. The topological polar surface area (TPSA) is 77.8 Å². The summed E-state index contributed by atoms with van der Waals surface area (Å²) in [6.07, 6.45) is 3.59. The van der Waals surface area contributed by atoms with Gasteiger partial charge >= 0.3 is 5.97 Å². The van der Waals surface area contributed by atoms with Crippen LogP contribution in [-0.2, 0) is 9.59 Å². The van der Waals surface area contributed by atoms with E-state index in [0.29, 0.717) is 25.8 Å². The molecule has 0 aliphatic heterocycles. The Morgan fingerprint density at radius 1 is 1.26 bits per heavy atom. The van der Waals surface area contributed by atoms with Crippen molar-refractivity contribution >= 4 is 11.9 Å². The molecule has 0 saturated heterocycles. The predicted molar refractivity (Wildman–Crippen MR) is 71.7 cm³/mol. The number of carbonyl (C=O) groups excluding carboxylic acids is 1. The van der Waals surface area contributed by atoms with Gasteiger partial charge in [0.15, 0.2) is 0 Å². The summed E-state index contributed by atoms with van der Waals surface area (Å²) in [5, 5.41) is 18.3. The van der Waals surface area contributed by atoms with Crippen LogP contribution in [0.4, 0.5) is 0 Å². The number of amides is 1. The van der Waals surface area contributed by atoms with Gasteiger partial charge in [0.1, 0.15) is 0 Å². The van der Waals surface area contributed by atoms with Gasteiger partial charge in [0.05, 0.1) is 5.41 Å². The van der Waals surface area contributed by atoms with E-state index in [4.69, 9.17) is 5.11 Å². The first kappa shape index (κ1) is 16.0. The van der Waals surface area contributed by atoms with E-state index in [1.165, 1.54) is 0 Å². The molecule has 1 amide bonds. The first-order chi connectivity index (χ1) is 8.93. The number of carbonyl (C=O) groups is 2. The number of hydrogen-bond acceptors (Lipinski definition) is 3. The average molecular weight is 271 g/mol. The largest absolute Gasteiger partial charge is 0.481 e. The highest BCUT2D eigenvalue weighted by molar-refractivity contribution is 5.85. The van der Waals surface area contributed by atoms with Crippen LogP contribution in [0, 0.1) is 5.41 Å². The second-order valence-corrected chi connectivity index (χ2v) is 5.73. The Balaban J connectivity index is 2.71. The molecular formula is C14H25NO4. The number of aliphatic hydroxyl groups excluding tert-OH is 1. The van der Waals surface area contributed by atoms with Gasteiger partial charge in [-0.2, -0.15) is 0 Å². The van der Waals surface area contributed by atoms with Crippen LogP contribution in [0.25, 0.3) is 0 Å². The van der Waals surface area contributed by atoms with E-state index >= 15 is 0 Å². The van der Waals surface area contributed by atoms with Crippen LogP contribution in [0.3, 0.4) is 0 Å². The number of rotatable bonds is 7. The molecule has 0 aromatic rings. The summed E-state index contributed by atoms with van der Waals surface area (Å²) in [4.78, 5) is 25.5. The minimum atomic E-state index is -0.858. The molecule has 0 spiro atoms. The molecule has 2 N–H and O–H groups in total. The zero-order valence-electron chi connectivity index (χ0n) is 11.9. The second kappa shape index (κ2) is 6.89. The molecule has 0 radical (unpaired) electrons. The van der Waals surface area contributed by atoms with Gasteiger partial charge in [-0.1, -0.05) is 12.8 Å². The molecule has 0 unspecified atom stereocenters. The molecule has 1 aliphatic rings. The van der Waals surface area contributed by atoms with Gasteiger partial charge in [-0.3, -0.25) is 9.59 Å². The van der Waals surface area contributed by atoms with E-state index in [0.717, 1.165) is 12.8 Å². The van der Waals surface area contributed by atoms with Gasteiger partial charge in [-0.25, -0.2) is 0 Å². The van der Waals surface area contributed by atoms with E-state index in [9.17, 15) is 14.7 Å². The second-order valence-electron chi connectivity index (χ2n) is 5.73. The lowest BCUT2D eigenvalue weighted by atomic mass is 9.82. The quantitative estimate of drug-likeness (QED) is 0.738. The van der Waals surface area contributed by atoms with Gasteiger partial charge in [-0.15, -0.1) is 0 Å². The van der Waals surface area contributed by atoms with Crippen LogP contribution in [0.1, 0.15) is 52.4 Å². The van der Waals surface area contributed by atoms with Gasteiger partial charge in [0, 0.05) is 25.6 Å². The van der Waals surface area contributed by atoms with Crippen LogP contribution >= 0.6 is 0 Å². The van der Waals surface area contributed by atoms with Crippen molar-refractivity contribution in [2.75, 3.05) is 13.2 Å². The van der Waals surface area contributed by atoms with Crippen LogP contribution < -0.4 is 0 Å². The summed E-state index contributed by atoms with van der Waals surface area (Å²) in [6.45, 7) is 4.36. The zero-order chi connectivity index (χ0) is 14.5. The molecule has 0 aromatic heterocycles. The highest BCUT2D eigenvalue weighted by Gasteiger charge is 2.43. The monoisotopic (exact) mass is 271 g/mol. The molecule has 5 nitrogen and oxygen atoms in total. The maximum absolute atomic E-state index is 12.3. The van der Waals surface area contributed by atoms with Crippen LogP contribution in [0.5, 0.6) is 0 Å². The number of nitrogens with zero attached hydrogens (tertiary/aromatic N) is 1. The summed E-state index contributed by atoms with van der Waals surface area (Å²) in [5.41, 5.74) is -0.858. The fraction of sp³-hybridized carbons (Fsp3) is 0.857. The molecule has 19 heavy (non-hydrogen) atoms. The van der Waals surface area contributed by atoms with E-state index in [2.05, 4.69) is 0 Å². The Bertz CT molecular complexity index is 321. The molecule has 1 fully saturated rings. The van der Waals surface area contributed by atoms with Gasteiger partial charge in [-0.05, 0) is 33.1 Å². The minimum absolute atomic E-state index is 0.0336. The third-order valence-corrected chi connectivity index (χ3v) is 4.00. The number of carboxylic acids is 1. The van der Waals surface area contributed by atoms with Crippen molar-refractivity contribution in [1.29, 1.82) is 0 Å². The zero-order valence-corrected chi connectivity index (χ0v) is 11.9. The molecule has 5 heteroatoms. The smallest absolute Gasteiger partial charge is 0.310 e. The number of carboxylic acid groups (broad SMARTS) is 1. The molecule has 110 valence electrons. The van der Waals surface area contributed by atoms with Crippen molar-refractivity contribution in [2.24, 2.45) is 5.41 Å². The maximum atomic E-state index is 12.3. The molecule has 0 bridgehead atoms. The normalized spacial score (nSPS) is 17.7. The van der Waals surface area contributed by atoms with Gasteiger partial charge in [0.2, 0.25) is 5.91 Å². The Labute approximate surface area is 114 Å². The molecule has 1 saturated carbocycles. The molecule has 0 aromatic carbocycles. The fourth-order valence-corrected chi connectivity index (χ4v) is 2.82. The van der Waals surface area contributed by atoms with E-state index in [-0.39, 0.29) is 25.0 Å². The molecule has 1 rings (SSSR count). The predicted octanol–water partition coefficient (Wildman–Crippen LogP) is 1.64. The Kier molecular flexibility index (Phi) is 5.79. The first-order valence-electron chi connectivity index (χ1n) is 7.07. The van der Waals surface area contributed by atoms with E-state index in [1.54, 1.807) is 4.90 Å². The van der Waals surface area contributed by atoms with E-state index < -0.39 is 11.4 Å². The van der Waals surface area contributed by atoms with Crippen LogP contribution in [-0.4, -0.2) is 46.2 Å². The molecule has 1 aliphatic carbocycles. The number of aliphatic hydroxyl groups is 1. The molecule has 0 heterocycles. The van der Waals surface area contributed by atoms with Gasteiger partial charge in [0.25, 0.3) is 0 Å². The highest BCUT2D eigenvalue weighted by Crippen LogP contribution is 2.41. The van der Waals surface area contributed by atoms with Crippen molar-refractivity contribution in [1.82, 2.24) is 4.90 Å². The highest BCUT2D eigenvalue weighted by atomic mass is 16.4. The summed E-state index contributed by atoms with van der Waals surface area (Å²) in [6, 6.07) is 0.0336. The SMILES string of the molecule is CC(C)N(CCCO)C(=O)CC1(C(=O)O)CCCC1. The van der Waals surface area contributed by atoms with Crippen molar-refractivity contribution in [3.05, 3.63) is 0 Å². The number of aliphatic carboxylic acids is 1. The average Bonchev–Trinajstić information content (AvgIpc) is 2.79. The van der Waals surface area contributed by atoms with Crippen LogP contribution in [0.2, 0.25) is 0 Å². The summed E-state index contributed by atoms with van der Waals surface area (Å²) in [7, 11) is 0. The lowest BCUT2D eigenvalue weighted by molar-refractivity contribution is -0.154. The Morgan fingerprint density at radius 2 is 1.84 bits per heavy atom. The van der Waals surface area contributed by atoms with Crippen molar-refractivity contribution in [2.45, 2.75) is 58.4 Å². The Morgan fingerprint density at radius 3 is 2.26 bits per heavy atom. The van der Waals surface area contributed by atoms with Gasteiger partial charge < -0.3 is 15.1 Å². The summed E-state index contributed by atoms with van der Waals surface area (Å²) < 4.78 is 0. The van der Waals surface area contributed by atoms with Crippen LogP contribution in [0.15, 0.2) is 0 Å². The standard InChI is InChI=1S/C14H25NO4/c1-11(2)15(8-5-9-16)12(17)10-14(13(18)19)6-3-4-7-14/h11,16H,3-10H2,1-2H3,(H,18,19). The van der Waals surface area contributed by atoms with Crippen molar-refractivity contribution in [3.63, 3.8) is 0 Å². The van der Waals surface area contributed by atoms with E-state index in [1.807, 2.05) is 13.8 Å². The lowest BCUT2D eigenvalue weighted by Crippen LogP contribution is -2.42. The molecular weight excluding hydrogens is 246 g/mol. The fourth-order valence-electron chi connectivity index (χ4n) is 2.82. The van der Waals surface area contributed by atoms with Crippen molar-refractivity contribution in [3.8, 4) is 0 Å². The lowest BCUT2D eigenvalue weighted by Gasteiger charge is -2.31. The summed E-state index contributed by atoms with van der Waals surface area (Å²) in [5.74, 6) is -0.947. The third kappa shape index (κ3) is 3.93. The third-order valence-electron chi connectivity index (χ3n) is 4.00. The summed E-state index contributed by atoms with van der Waals surface area (Å²) >= 11 is 0. The first-order valence-corrected chi connectivity index (χ1v) is 7.07. The number of hydrogen-bond donors (Lipinski definition) is 2. The van der Waals surface area contributed by atoms with Crippen molar-refractivity contribution < 1.29 is 19.8 Å². The molecule has 0 atom stereocenters. The minimum Gasteiger partial charge on any atom is -0.481 e.